The molecule has 0 aliphatic carbocycles. The fraction of sp³-hybridized carbons (Fsp3) is 0.167. The smallest absolute Gasteiger partial charge is 0.175 e. The van der Waals surface area contributed by atoms with E-state index in [0.717, 1.165) is 11.8 Å². The van der Waals surface area contributed by atoms with Crippen LogP contribution in [-0.2, 0) is 9.84 Å². The zero-order chi connectivity index (χ0) is 26.0. The lowest BCUT2D eigenvalue weighted by Crippen LogP contribution is -2.00. The topological polar surface area (TPSA) is 47.0 Å². The quantitative estimate of drug-likeness (QED) is 0.256. The molecule has 0 radical (unpaired) electrons. The zero-order valence-electron chi connectivity index (χ0n) is 20.4. The minimum absolute atomic E-state index is 0.212. The summed E-state index contributed by atoms with van der Waals surface area (Å²) in [7, 11) is -3.33. The Hall–Kier alpha value is -3.75. The van der Waals surface area contributed by atoms with Crippen molar-refractivity contribution in [2.45, 2.75) is 31.6 Å². The number of terminal acetylenes is 1. The van der Waals surface area contributed by atoms with Gasteiger partial charge in [-0.15, -0.1) is 6.42 Å². The van der Waals surface area contributed by atoms with Crippen LogP contribution < -0.4 is 0 Å². The Bertz CT molecular complexity index is 1360. The Morgan fingerprint density at radius 2 is 1.60 bits per heavy atom. The third-order valence-electron chi connectivity index (χ3n) is 5.18. The number of halogens is 1. The van der Waals surface area contributed by atoms with Crippen LogP contribution in [0, 0.1) is 18.2 Å². The highest BCUT2D eigenvalue weighted by atomic mass is 32.2. The van der Waals surface area contributed by atoms with Crippen LogP contribution in [0.5, 0.6) is 0 Å². The van der Waals surface area contributed by atoms with Crippen molar-refractivity contribution in [1.82, 2.24) is 4.98 Å². The molecule has 0 aliphatic heterocycles. The van der Waals surface area contributed by atoms with Crippen LogP contribution in [0.2, 0.25) is 0 Å². The molecule has 0 bridgehead atoms. The number of hydrogen-bond donors (Lipinski definition) is 0. The van der Waals surface area contributed by atoms with E-state index in [4.69, 9.17) is 11.4 Å². The molecule has 1 heterocycles. The second kappa shape index (κ2) is 12.6. The van der Waals surface area contributed by atoms with Crippen LogP contribution >= 0.6 is 0 Å². The largest absolute Gasteiger partial charge is 0.246 e. The minimum Gasteiger partial charge on any atom is -0.246 e. The van der Waals surface area contributed by atoms with Gasteiger partial charge in [-0.1, -0.05) is 76.1 Å². The van der Waals surface area contributed by atoms with Crippen molar-refractivity contribution in [3.8, 4) is 34.7 Å². The van der Waals surface area contributed by atoms with Gasteiger partial charge in [0, 0.05) is 23.0 Å². The number of sulfone groups is 1. The number of benzene rings is 2. The first-order valence-electron chi connectivity index (χ1n) is 11.2. The number of pyridine rings is 1. The standard InChI is InChI=1S/C26H20FNO2S.C4H10/c1-5-8-18(6-2)25-19(7-3)17-24(20-11-15-23(16-12-20)31(4,29)30)26(28-25)21-9-13-22(27)14-10-21;1-3-4-2/h3,5-6,8-17H,1-2H2,4H3;3-4H2,1-2H3/b18-8+;. The maximum Gasteiger partial charge on any atom is 0.175 e. The number of rotatable bonds is 7. The summed E-state index contributed by atoms with van der Waals surface area (Å²) in [5, 5.41) is 0. The highest BCUT2D eigenvalue weighted by Crippen LogP contribution is 2.35. The van der Waals surface area contributed by atoms with Crippen molar-refractivity contribution < 1.29 is 12.8 Å². The molecule has 0 N–H and O–H groups in total. The van der Waals surface area contributed by atoms with Gasteiger partial charge in [0.1, 0.15) is 5.82 Å². The second-order valence-corrected chi connectivity index (χ2v) is 9.81. The summed E-state index contributed by atoms with van der Waals surface area (Å²) in [6.07, 6.45) is 14.6. The van der Waals surface area contributed by atoms with Crippen LogP contribution in [0.4, 0.5) is 4.39 Å². The van der Waals surface area contributed by atoms with Gasteiger partial charge in [-0.2, -0.15) is 0 Å². The molecular weight excluding hydrogens is 457 g/mol. The van der Waals surface area contributed by atoms with Crippen molar-refractivity contribution in [3.63, 3.8) is 0 Å². The molecule has 0 saturated carbocycles. The molecule has 0 unspecified atom stereocenters. The van der Waals surface area contributed by atoms with Gasteiger partial charge in [0.15, 0.2) is 9.84 Å². The van der Waals surface area contributed by atoms with E-state index in [2.05, 4.69) is 32.9 Å². The molecule has 3 nitrogen and oxygen atoms in total. The summed E-state index contributed by atoms with van der Waals surface area (Å²) >= 11 is 0. The molecule has 0 fully saturated rings. The van der Waals surface area contributed by atoms with Crippen LogP contribution in [0.3, 0.4) is 0 Å². The first-order valence-corrected chi connectivity index (χ1v) is 13.1. The fourth-order valence-electron chi connectivity index (χ4n) is 3.14. The Balaban J connectivity index is 0.00000100. The third kappa shape index (κ3) is 7.11. The summed E-state index contributed by atoms with van der Waals surface area (Å²) in [5.74, 6) is 2.30. The van der Waals surface area contributed by atoms with Gasteiger partial charge in [-0.05, 0) is 48.0 Å². The Kier molecular flexibility index (Phi) is 9.93. The Morgan fingerprint density at radius 3 is 2.06 bits per heavy atom. The van der Waals surface area contributed by atoms with E-state index in [1.165, 1.54) is 37.1 Å². The number of unbranched alkanes of at least 4 members (excludes halogenated alkanes) is 1. The summed E-state index contributed by atoms with van der Waals surface area (Å²) in [4.78, 5) is 5.02. The van der Waals surface area contributed by atoms with Crippen LogP contribution in [0.15, 0.2) is 90.9 Å². The predicted molar refractivity (Wildman–Crippen MR) is 145 cm³/mol. The molecule has 0 saturated heterocycles. The predicted octanol–water partition coefficient (Wildman–Crippen LogP) is 7.50. The average Bonchev–Trinajstić information content (AvgIpc) is 2.86. The Labute approximate surface area is 208 Å². The van der Waals surface area contributed by atoms with E-state index in [9.17, 15) is 12.8 Å². The highest BCUT2D eigenvalue weighted by molar-refractivity contribution is 7.90. The van der Waals surface area contributed by atoms with E-state index >= 15 is 0 Å². The van der Waals surface area contributed by atoms with Gasteiger partial charge in [0.05, 0.1) is 21.8 Å². The summed E-state index contributed by atoms with van der Waals surface area (Å²) in [6.45, 7) is 11.9. The normalized spacial score (nSPS) is 11.1. The van der Waals surface area contributed by atoms with Crippen molar-refractivity contribution in [2.24, 2.45) is 0 Å². The molecule has 35 heavy (non-hydrogen) atoms. The molecule has 2 aromatic carbocycles. The van der Waals surface area contributed by atoms with Gasteiger partial charge in [0.2, 0.25) is 0 Å². The summed E-state index contributed by atoms with van der Waals surface area (Å²) < 4.78 is 37.2. The van der Waals surface area contributed by atoms with Crippen molar-refractivity contribution >= 4 is 15.4 Å². The van der Waals surface area contributed by atoms with Gasteiger partial charge in [0.25, 0.3) is 0 Å². The highest BCUT2D eigenvalue weighted by Gasteiger charge is 2.17. The average molecular weight is 488 g/mol. The summed E-state index contributed by atoms with van der Waals surface area (Å²) in [6, 6.07) is 14.3. The van der Waals surface area contributed by atoms with E-state index in [0.29, 0.717) is 33.7 Å². The molecule has 3 rings (SSSR count). The van der Waals surface area contributed by atoms with Crippen LogP contribution in [-0.4, -0.2) is 19.7 Å². The fourth-order valence-corrected chi connectivity index (χ4v) is 3.77. The zero-order valence-corrected chi connectivity index (χ0v) is 21.2. The van der Waals surface area contributed by atoms with Crippen LogP contribution in [0.25, 0.3) is 28.0 Å². The van der Waals surface area contributed by atoms with E-state index < -0.39 is 9.84 Å². The third-order valence-corrected chi connectivity index (χ3v) is 6.31. The lowest BCUT2D eigenvalue weighted by molar-refractivity contribution is 0.602. The lowest BCUT2D eigenvalue weighted by atomic mass is 9.95. The van der Waals surface area contributed by atoms with Crippen molar-refractivity contribution in [3.05, 3.63) is 103 Å². The molecule has 0 amide bonds. The van der Waals surface area contributed by atoms with E-state index in [1.54, 1.807) is 42.5 Å². The first-order chi connectivity index (χ1) is 16.7. The van der Waals surface area contributed by atoms with Gasteiger partial charge < -0.3 is 0 Å². The van der Waals surface area contributed by atoms with Crippen molar-refractivity contribution in [2.75, 3.05) is 6.26 Å². The van der Waals surface area contributed by atoms with E-state index in [-0.39, 0.29) is 10.7 Å². The molecule has 180 valence electrons. The van der Waals surface area contributed by atoms with Crippen molar-refractivity contribution in [1.29, 1.82) is 0 Å². The molecule has 0 aliphatic rings. The number of nitrogens with zero attached hydrogens (tertiary/aromatic N) is 1. The molecule has 0 atom stereocenters. The van der Waals surface area contributed by atoms with E-state index in [1.807, 2.05) is 6.07 Å². The Morgan fingerprint density at radius 1 is 1.03 bits per heavy atom. The SMILES string of the molecule is C#Cc1cc(-c2ccc(S(C)(=O)=O)cc2)c(-c2ccc(F)cc2)nc1/C(C=C)=C/C=C.CCCC. The maximum atomic E-state index is 13.5. The van der Waals surface area contributed by atoms with Crippen LogP contribution in [0.1, 0.15) is 37.9 Å². The molecular formula is C30H30FNO2S. The first kappa shape index (κ1) is 27.5. The maximum absolute atomic E-state index is 13.5. The minimum atomic E-state index is -3.33. The second-order valence-electron chi connectivity index (χ2n) is 7.79. The molecule has 5 heteroatoms. The van der Waals surface area contributed by atoms with Gasteiger partial charge >= 0.3 is 0 Å². The number of hydrogen-bond acceptors (Lipinski definition) is 3. The van der Waals surface area contributed by atoms with Gasteiger partial charge in [-0.25, -0.2) is 17.8 Å². The number of aromatic nitrogens is 1. The summed E-state index contributed by atoms with van der Waals surface area (Å²) in [5.41, 5.74) is 4.49. The molecule has 1 aromatic heterocycles. The monoisotopic (exact) mass is 487 g/mol. The molecule has 0 spiro atoms. The van der Waals surface area contributed by atoms with Gasteiger partial charge in [-0.3, -0.25) is 0 Å². The molecule has 3 aromatic rings. The number of allylic oxidation sites excluding steroid dienone is 4. The lowest BCUT2D eigenvalue weighted by Gasteiger charge is -2.15.